The Bertz CT molecular complexity index is 609. The van der Waals surface area contributed by atoms with E-state index in [4.69, 9.17) is 0 Å². The summed E-state index contributed by atoms with van der Waals surface area (Å²) in [7, 11) is 1.36. The van der Waals surface area contributed by atoms with Gasteiger partial charge in [0, 0.05) is 25.9 Å². The summed E-state index contributed by atoms with van der Waals surface area (Å²) in [5.41, 5.74) is 0.631. The summed E-state index contributed by atoms with van der Waals surface area (Å²) in [6, 6.07) is 12.5. The number of carbonyl (C=O) groups is 2. The lowest BCUT2D eigenvalue weighted by Crippen LogP contribution is -2.44. The third-order valence-corrected chi connectivity index (χ3v) is 4.71. The number of methoxy groups -OCH3 is 1. The number of nitriles is 1. The molecule has 1 aromatic carbocycles. The zero-order valence-corrected chi connectivity index (χ0v) is 14.2. The first-order valence-corrected chi connectivity index (χ1v) is 8.38. The van der Waals surface area contributed by atoms with Crippen molar-refractivity contribution in [1.82, 2.24) is 4.90 Å². The maximum absolute atomic E-state index is 12.4. The number of hydrogen-bond acceptors (Lipinski definition) is 4. The molecule has 0 N–H and O–H groups in total. The van der Waals surface area contributed by atoms with E-state index in [0.29, 0.717) is 38.8 Å². The summed E-state index contributed by atoms with van der Waals surface area (Å²) in [4.78, 5) is 25.3. The molecule has 1 aromatic rings. The monoisotopic (exact) mass is 328 g/mol. The first-order valence-electron chi connectivity index (χ1n) is 8.38. The fourth-order valence-corrected chi connectivity index (χ4v) is 3.11. The molecule has 24 heavy (non-hydrogen) atoms. The number of ether oxygens (including phenoxy) is 1. The number of benzene rings is 1. The quantitative estimate of drug-likeness (QED) is 0.722. The van der Waals surface area contributed by atoms with Gasteiger partial charge in [0.2, 0.25) is 5.91 Å². The van der Waals surface area contributed by atoms with Crippen molar-refractivity contribution >= 4 is 11.9 Å². The van der Waals surface area contributed by atoms with Gasteiger partial charge in [0.15, 0.2) is 0 Å². The molecular weight excluding hydrogens is 304 g/mol. The minimum Gasteiger partial charge on any atom is -0.469 e. The van der Waals surface area contributed by atoms with Crippen LogP contribution >= 0.6 is 0 Å². The Kier molecular flexibility index (Phi) is 6.36. The smallest absolute Gasteiger partial charge is 0.305 e. The number of carbonyl (C=O) groups excluding carboxylic acids is 2. The number of nitrogens with zero attached hydrogens (tertiary/aromatic N) is 2. The highest BCUT2D eigenvalue weighted by atomic mass is 16.5. The third kappa shape index (κ3) is 4.82. The van der Waals surface area contributed by atoms with Crippen LogP contribution < -0.4 is 0 Å². The van der Waals surface area contributed by atoms with Crippen molar-refractivity contribution in [3.8, 4) is 6.07 Å². The third-order valence-electron chi connectivity index (χ3n) is 4.71. The second-order valence-electron chi connectivity index (χ2n) is 6.36. The number of likely N-dealkylation sites (tertiary alicyclic amines) is 1. The Labute approximate surface area is 143 Å². The number of piperidine rings is 1. The fourth-order valence-electron chi connectivity index (χ4n) is 3.11. The molecule has 0 aliphatic carbocycles. The van der Waals surface area contributed by atoms with Crippen molar-refractivity contribution in [2.45, 2.75) is 38.5 Å². The van der Waals surface area contributed by atoms with E-state index in [1.54, 1.807) is 4.90 Å². The minimum absolute atomic E-state index is 0.0146. The van der Waals surface area contributed by atoms with Crippen LogP contribution in [0.1, 0.15) is 37.7 Å². The second kappa shape index (κ2) is 8.49. The van der Waals surface area contributed by atoms with Crippen molar-refractivity contribution in [3.63, 3.8) is 0 Å². The number of amides is 1. The summed E-state index contributed by atoms with van der Waals surface area (Å²) in [5, 5.41) is 9.62. The van der Waals surface area contributed by atoms with Crippen LogP contribution in [0.3, 0.4) is 0 Å². The Morgan fingerprint density at radius 2 is 2.12 bits per heavy atom. The fraction of sp³-hybridized carbons (Fsp3) is 0.526. The molecule has 0 saturated carbocycles. The van der Waals surface area contributed by atoms with Crippen LogP contribution in [0, 0.1) is 16.7 Å². The molecule has 0 unspecified atom stereocenters. The van der Waals surface area contributed by atoms with Gasteiger partial charge in [-0.3, -0.25) is 9.59 Å². The van der Waals surface area contributed by atoms with Gasteiger partial charge in [-0.05, 0) is 31.2 Å². The number of esters is 1. The molecule has 0 aromatic heterocycles. The van der Waals surface area contributed by atoms with Crippen molar-refractivity contribution in [3.05, 3.63) is 35.9 Å². The first kappa shape index (κ1) is 18.0. The number of rotatable bonds is 7. The molecule has 1 heterocycles. The Balaban J connectivity index is 1.86. The van der Waals surface area contributed by atoms with Gasteiger partial charge in [-0.2, -0.15) is 5.26 Å². The molecule has 1 amide bonds. The van der Waals surface area contributed by atoms with Gasteiger partial charge in [-0.15, -0.1) is 0 Å². The zero-order chi connectivity index (χ0) is 17.4. The average Bonchev–Trinajstić information content (AvgIpc) is 2.62. The van der Waals surface area contributed by atoms with Gasteiger partial charge in [0.05, 0.1) is 18.6 Å². The van der Waals surface area contributed by atoms with Crippen LogP contribution in [0.25, 0.3) is 0 Å². The minimum atomic E-state index is -0.564. The highest BCUT2D eigenvalue weighted by Crippen LogP contribution is 2.36. The molecule has 0 bridgehead atoms. The topological polar surface area (TPSA) is 70.4 Å². The standard InChI is InChI=1S/C19H24N2O3/c1-24-18(23)8-5-12-21-13-11-19(15-20,14-17(21)22)10-9-16-6-3-2-4-7-16/h2-4,6-7H,5,8-14H2,1H3/t19-/m1/s1. The normalized spacial score (nSPS) is 20.5. The predicted molar refractivity (Wildman–Crippen MR) is 89.9 cm³/mol. The van der Waals surface area contributed by atoms with E-state index in [0.717, 1.165) is 6.42 Å². The van der Waals surface area contributed by atoms with E-state index in [-0.39, 0.29) is 18.3 Å². The van der Waals surface area contributed by atoms with Crippen LogP contribution in [0.4, 0.5) is 0 Å². The lowest BCUT2D eigenvalue weighted by atomic mass is 9.75. The van der Waals surface area contributed by atoms with Crippen LogP contribution in [0.5, 0.6) is 0 Å². The number of aryl methyl sites for hydroxylation is 1. The summed E-state index contributed by atoms with van der Waals surface area (Å²) >= 11 is 0. The van der Waals surface area contributed by atoms with Crippen LogP contribution in [0.15, 0.2) is 30.3 Å². The first-order chi connectivity index (χ1) is 11.6. The Morgan fingerprint density at radius 1 is 1.38 bits per heavy atom. The van der Waals surface area contributed by atoms with Gasteiger partial charge >= 0.3 is 5.97 Å². The molecule has 128 valence electrons. The van der Waals surface area contributed by atoms with Crippen molar-refractivity contribution in [2.75, 3.05) is 20.2 Å². The Hall–Kier alpha value is -2.35. The van der Waals surface area contributed by atoms with E-state index in [1.165, 1.54) is 12.7 Å². The second-order valence-corrected chi connectivity index (χ2v) is 6.36. The van der Waals surface area contributed by atoms with Crippen molar-refractivity contribution < 1.29 is 14.3 Å². The van der Waals surface area contributed by atoms with Gasteiger partial charge in [0.25, 0.3) is 0 Å². The van der Waals surface area contributed by atoms with Gasteiger partial charge in [-0.1, -0.05) is 30.3 Å². The Morgan fingerprint density at radius 3 is 2.75 bits per heavy atom. The summed E-state index contributed by atoms with van der Waals surface area (Å²) < 4.78 is 4.61. The number of hydrogen-bond donors (Lipinski definition) is 0. The van der Waals surface area contributed by atoms with Crippen LogP contribution in [-0.4, -0.2) is 37.0 Å². The van der Waals surface area contributed by atoms with E-state index < -0.39 is 5.41 Å². The molecule has 1 fully saturated rings. The predicted octanol–water partition coefficient (Wildman–Crippen LogP) is 2.70. The van der Waals surface area contributed by atoms with Gasteiger partial charge < -0.3 is 9.64 Å². The maximum Gasteiger partial charge on any atom is 0.305 e. The highest BCUT2D eigenvalue weighted by Gasteiger charge is 2.38. The average molecular weight is 328 g/mol. The molecule has 5 heteroatoms. The summed E-state index contributed by atoms with van der Waals surface area (Å²) in [6.07, 6.45) is 3.40. The lowest BCUT2D eigenvalue weighted by molar-refractivity contribution is -0.142. The van der Waals surface area contributed by atoms with E-state index in [2.05, 4.69) is 22.9 Å². The van der Waals surface area contributed by atoms with Crippen LogP contribution in [0.2, 0.25) is 0 Å². The van der Waals surface area contributed by atoms with Crippen molar-refractivity contribution in [1.29, 1.82) is 5.26 Å². The van der Waals surface area contributed by atoms with E-state index in [9.17, 15) is 14.9 Å². The van der Waals surface area contributed by atoms with Crippen molar-refractivity contribution in [2.24, 2.45) is 5.41 Å². The lowest BCUT2D eigenvalue weighted by Gasteiger charge is -2.37. The molecule has 1 saturated heterocycles. The maximum atomic E-state index is 12.4. The largest absolute Gasteiger partial charge is 0.469 e. The molecule has 0 spiro atoms. The van der Waals surface area contributed by atoms with Crippen LogP contribution in [-0.2, 0) is 20.7 Å². The molecule has 2 rings (SSSR count). The molecule has 1 aliphatic rings. The molecule has 1 atom stereocenters. The summed E-state index contributed by atoms with van der Waals surface area (Å²) in [6.45, 7) is 1.14. The molecule has 1 aliphatic heterocycles. The van der Waals surface area contributed by atoms with Gasteiger partial charge in [0.1, 0.15) is 0 Å². The SMILES string of the molecule is COC(=O)CCCN1CC[C@](C#N)(CCc2ccccc2)CC1=O. The molecule has 0 radical (unpaired) electrons. The highest BCUT2D eigenvalue weighted by molar-refractivity contribution is 5.78. The molecular formula is C19H24N2O3. The van der Waals surface area contributed by atoms with Gasteiger partial charge in [-0.25, -0.2) is 0 Å². The zero-order valence-electron chi connectivity index (χ0n) is 14.2. The van der Waals surface area contributed by atoms with E-state index in [1.807, 2.05) is 18.2 Å². The molecule has 5 nitrogen and oxygen atoms in total. The summed E-state index contributed by atoms with van der Waals surface area (Å²) in [5.74, 6) is -0.241. The van der Waals surface area contributed by atoms with E-state index >= 15 is 0 Å².